The second-order valence-electron chi connectivity index (χ2n) is 6.05. The molecule has 0 unspecified atom stereocenters. The molecule has 0 bridgehead atoms. The van der Waals surface area contributed by atoms with Crippen LogP contribution in [0.5, 0.6) is 0 Å². The Labute approximate surface area is 126 Å². The molecule has 21 heavy (non-hydrogen) atoms. The minimum Gasteiger partial charge on any atom is -0.351 e. The Kier molecular flexibility index (Phi) is 3.78. The fraction of sp³-hybridized carbons (Fsp3) is 0.316. The Hall–Kier alpha value is -2.09. The van der Waals surface area contributed by atoms with Crippen LogP contribution in [0.4, 0.5) is 0 Å². The Morgan fingerprint density at radius 3 is 2.29 bits per heavy atom. The first-order valence-corrected chi connectivity index (χ1v) is 7.60. The van der Waals surface area contributed by atoms with Gasteiger partial charge in [-0.15, -0.1) is 0 Å². The van der Waals surface area contributed by atoms with E-state index in [1.165, 1.54) is 17.5 Å². The molecule has 2 aromatic carbocycles. The van der Waals surface area contributed by atoms with Crippen LogP contribution in [-0.4, -0.2) is 12.5 Å². The van der Waals surface area contributed by atoms with Crippen molar-refractivity contribution in [3.63, 3.8) is 0 Å². The van der Waals surface area contributed by atoms with Crippen molar-refractivity contribution in [2.75, 3.05) is 6.54 Å². The van der Waals surface area contributed by atoms with E-state index in [1.807, 2.05) is 37.3 Å². The lowest BCUT2D eigenvalue weighted by Crippen LogP contribution is -2.45. The summed E-state index contributed by atoms with van der Waals surface area (Å²) in [5, 5.41) is 3.12. The van der Waals surface area contributed by atoms with Crippen LogP contribution in [0.25, 0.3) is 0 Å². The molecule has 0 aromatic heterocycles. The van der Waals surface area contributed by atoms with Crippen molar-refractivity contribution in [3.8, 4) is 0 Å². The number of rotatable bonds is 4. The van der Waals surface area contributed by atoms with Gasteiger partial charge >= 0.3 is 0 Å². The maximum Gasteiger partial charge on any atom is 0.251 e. The number of hydrogen-bond acceptors (Lipinski definition) is 1. The molecule has 108 valence electrons. The van der Waals surface area contributed by atoms with Gasteiger partial charge in [0.25, 0.3) is 5.91 Å². The Morgan fingerprint density at radius 2 is 1.71 bits per heavy atom. The molecule has 0 aliphatic heterocycles. The molecular weight excluding hydrogens is 258 g/mol. The van der Waals surface area contributed by atoms with Crippen molar-refractivity contribution in [2.24, 2.45) is 0 Å². The predicted octanol–water partition coefficient (Wildman–Crippen LogP) is 3.85. The van der Waals surface area contributed by atoms with Gasteiger partial charge in [0.05, 0.1) is 0 Å². The fourth-order valence-corrected chi connectivity index (χ4v) is 3.02. The van der Waals surface area contributed by atoms with Gasteiger partial charge in [-0.1, -0.05) is 54.4 Å². The Morgan fingerprint density at radius 1 is 1.05 bits per heavy atom. The summed E-state index contributed by atoms with van der Waals surface area (Å²) in [6.45, 7) is 2.75. The minimum atomic E-state index is 0.0252. The summed E-state index contributed by atoms with van der Waals surface area (Å²) in [6, 6.07) is 18.3. The molecule has 1 N–H and O–H groups in total. The molecule has 1 aliphatic carbocycles. The van der Waals surface area contributed by atoms with Crippen LogP contribution in [0.3, 0.4) is 0 Å². The zero-order valence-electron chi connectivity index (χ0n) is 12.4. The predicted molar refractivity (Wildman–Crippen MR) is 85.5 cm³/mol. The van der Waals surface area contributed by atoms with E-state index in [2.05, 4.69) is 29.6 Å². The maximum atomic E-state index is 12.3. The third kappa shape index (κ3) is 2.85. The van der Waals surface area contributed by atoms with Crippen molar-refractivity contribution in [1.82, 2.24) is 5.32 Å². The number of benzene rings is 2. The van der Waals surface area contributed by atoms with Crippen LogP contribution >= 0.6 is 0 Å². The molecule has 3 rings (SSSR count). The molecular formula is C19H21NO. The lowest BCUT2D eigenvalue weighted by molar-refractivity contribution is 0.0928. The first-order valence-electron chi connectivity index (χ1n) is 7.60. The molecule has 1 fully saturated rings. The van der Waals surface area contributed by atoms with Crippen molar-refractivity contribution in [3.05, 3.63) is 71.3 Å². The average molecular weight is 279 g/mol. The average Bonchev–Trinajstić information content (AvgIpc) is 2.48. The van der Waals surface area contributed by atoms with E-state index in [9.17, 15) is 4.79 Å². The highest BCUT2D eigenvalue weighted by atomic mass is 16.1. The smallest absolute Gasteiger partial charge is 0.251 e. The summed E-state index contributed by atoms with van der Waals surface area (Å²) in [4.78, 5) is 12.3. The van der Waals surface area contributed by atoms with Crippen LogP contribution in [0.15, 0.2) is 54.6 Å². The Balaban J connectivity index is 1.68. The van der Waals surface area contributed by atoms with E-state index in [0.29, 0.717) is 0 Å². The highest BCUT2D eigenvalue weighted by molar-refractivity contribution is 5.94. The van der Waals surface area contributed by atoms with E-state index < -0.39 is 0 Å². The lowest BCUT2D eigenvalue weighted by Gasteiger charge is -2.42. The highest BCUT2D eigenvalue weighted by Gasteiger charge is 2.38. The maximum absolute atomic E-state index is 12.3. The fourth-order valence-electron chi connectivity index (χ4n) is 3.02. The molecule has 1 amide bonds. The van der Waals surface area contributed by atoms with Gasteiger partial charge in [0.2, 0.25) is 0 Å². The van der Waals surface area contributed by atoms with E-state index in [-0.39, 0.29) is 11.3 Å². The molecule has 0 radical (unpaired) electrons. The van der Waals surface area contributed by atoms with Gasteiger partial charge in [-0.2, -0.15) is 0 Å². The second-order valence-corrected chi connectivity index (χ2v) is 6.05. The third-order valence-corrected chi connectivity index (χ3v) is 4.60. The van der Waals surface area contributed by atoms with Gasteiger partial charge in [0, 0.05) is 17.5 Å². The summed E-state index contributed by atoms with van der Waals surface area (Å²) in [5.41, 5.74) is 3.40. The first kappa shape index (κ1) is 13.9. The number of carbonyl (C=O) groups excluding carboxylic acids is 1. The van der Waals surface area contributed by atoms with Gasteiger partial charge in [-0.3, -0.25) is 4.79 Å². The normalized spacial score (nSPS) is 16.0. The second kappa shape index (κ2) is 5.72. The SMILES string of the molecule is Cc1ccc(C(=O)NCC2(c3ccccc3)CCC2)cc1. The Bertz CT molecular complexity index is 612. The topological polar surface area (TPSA) is 29.1 Å². The van der Waals surface area contributed by atoms with Crippen LogP contribution in [0.1, 0.15) is 40.7 Å². The van der Waals surface area contributed by atoms with E-state index in [1.54, 1.807) is 0 Å². The van der Waals surface area contributed by atoms with Crippen LogP contribution < -0.4 is 5.32 Å². The van der Waals surface area contributed by atoms with Crippen molar-refractivity contribution >= 4 is 5.91 Å². The summed E-state index contributed by atoms with van der Waals surface area (Å²) >= 11 is 0. The number of hydrogen-bond donors (Lipinski definition) is 1. The van der Waals surface area contributed by atoms with Gasteiger partial charge in [0.15, 0.2) is 0 Å². The number of nitrogens with one attached hydrogen (secondary N) is 1. The van der Waals surface area contributed by atoms with Crippen LogP contribution in [0.2, 0.25) is 0 Å². The molecule has 2 nitrogen and oxygen atoms in total. The van der Waals surface area contributed by atoms with E-state index in [4.69, 9.17) is 0 Å². The number of aryl methyl sites for hydroxylation is 1. The summed E-state index contributed by atoms with van der Waals surface area (Å²) in [5.74, 6) is 0.0252. The van der Waals surface area contributed by atoms with Crippen molar-refractivity contribution in [2.45, 2.75) is 31.6 Å². The molecule has 0 atom stereocenters. The van der Waals surface area contributed by atoms with Crippen LogP contribution in [0, 0.1) is 6.92 Å². The monoisotopic (exact) mass is 279 g/mol. The third-order valence-electron chi connectivity index (χ3n) is 4.60. The molecule has 1 saturated carbocycles. The largest absolute Gasteiger partial charge is 0.351 e. The zero-order valence-corrected chi connectivity index (χ0v) is 12.4. The standard InChI is InChI=1S/C19H21NO/c1-15-8-10-16(11-9-15)18(21)20-14-19(12-5-13-19)17-6-3-2-4-7-17/h2-4,6-11H,5,12-14H2,1H3,(H,20,21). The molecule has 2 aromatic rings. The summed E-state index contributed by atoms with van der Waals surface area (Å²) in [6.07, 6.45) is 3.56. The number of carbonyl (C=O) groups is 1. The van der Waals surface area contributed by atoms with Crippen LogP contribution in [-0.2, 0) is 5.41 Å². The quantitative estimate of drug-likeness (QED) is 0.905. The molecule has 0 heterocycles. The van der Waals surface area contributed by atoms with Gasteiger partial charge in [-0.25, -0.2) is 0 Å². The summed E-state index contributed by atoms with van der Waals surface area (Å²) < 4.78 is 0. The molecule has 0 saturated heterocycles. The van der Waals surface area contributed by atoms with Gasteiger partial charge in [-0.05, 0) is 37.5 Å². The summed E-state index contributed by atoms with van der Waals surface area (Å²) in [7, 11) is 0. The highest BCUT2D eigenvalue weighted by Crippen LogP contribution is 2.43. The van der Waals surface area contributed by atoms with Crippen molar-refractivity contribution < 1.29 is 4.79 Å². The van der Waals surface area contributed by atoms with E-state index >= 15 is 0 Å². The molecule has 0 spiro atoms. The molecule has 2 heteroatoms. The lowest BCUT2D eigenvalue weighted by atomic mass is 9.64. The first-order chi connectivity index (χ1) is 10.2. The minimum absolute atomic E-state index is 0.0252. The van der Waals surface area contributed by atoms with Crippen molar-refractivity contribution in [1.29, 1.82) is 0 Å². The van der Waals surface area contributed by atoms with Gasteiger partial charge < -0.3 is 5.32 Å². The van der Waals surface area contributed by atoms with Gasteiger partial charge in [0.1, 0.15) is 0 Å². The number of amides is 1. The zero-order chi connectivity index (χ0) is 14.7. The molecule has 1 aliphatic rings. The van der Waals surface area contributed by atoms with E-state index in [0.717, 1.165) is 24.9 Å².